The van der Waals surface area contributed by atoms with Gasteiger partial charge in [-0.15, -0.1) is 0 Å². The lowest BCUT2D eigenvalue weighted by Gasteiger charge is -2.23. The summed E-state index contributed by atoms with van der Waals surface area (Å²) >= 11 is 0. The number of hydrogen-bond acceptors (Lipinski definition) is 3. The van der Waals surface area contributed by atoms with E-state index >= 15 is 0 Å². The number of carbonyl (C=O) groups is 1. The summed E-state index contributed by atoms with van der Waals surface area (Å²) in [5.41, 5.74) is 7.68. The number of H-pyrrole nitrogens is 1. The normalized spacial score (nSPS) is 11.8. The number of anilines is 1. The minimum atomic E-state index is -0.147. The first-order valence-corrected chi connectivity index (χ1v) is 6.69. The van der Waals surface area contributed by atoms with Gasteiger partial charge in [0.25, 0.3) is 5.91 Å². The molecule has 5 heteroatoms. The second-order valence-electron chi connectivity index (χ2n) is 5.85. The van der Waals surface area contributed by atoms with Gasteiger partial charge in [0.1, 0.15) is 5.69 Å². The molecule has 1 aromatic carbocycles. The molecule has 20 heavy (non-hydrogen) atoms. The molecule has 108 valence electrons. The van der Waals surface area contributed by atoms with E-state index in [-0.39, 0.29) is 17.9 Å². The molecule has 0 radical (unpaired) electrons. The molecule has 1 amide bonds. The Morgan fingerprint density at radius 2 is 2.15 bits per heavy atom. The van der Waals surface area contributed by atoms with Crippen molar-refractivity contribution in [2.45, 2.75) is 20.3 Å². The fraction of sp³-hybridized carbons (Fsp3) is 0.400. The molecule has 0 saturated heterocycles. The molecule has 0 aliphatic heterocycles. The van der Waals surface area contributed by atoms with Crippen LogP contribution in [0.5, 0.6) is 0 Å². The zero-order valence-electron chi connectivity index (χ0n) is 11.9. The third-order valence-electron chi connectivity index (χ3n) is 3.41. The van der Waals surface area contributed by atoms with E-state index in [1.807, 2.05) is 26.0 Å². The Morgan fingerprint density at radius 1 is 1.40 bits per heavy atom. The molecule has 1 aromatic heterocycles. The smallest absolute Gasteiger partial charge is 0.267 e. The standard InChI is InChI=1S/C15H21N3O2/c1-15(2,5-6-19)9-17-14(20)13-8-10-7-11(16)3-4-12(10)18-13/h3-4,7-8,18-19H,5-6,9,16H2,1-2H3,(H,17,20). The highest BCUT2D eigenvalue weighted by atomic mass is 16.3. The lowest BCUT2D eigenvalue weighted by molar-refractivity contribution is 0.0924. The molecular weight excluding hydrogens is 254 g/mol. The number of rotatable bonds is 5. The number of nitrogens with one attached hydrogen (secondary N) is 2. The number of aromatic nitrogens is 1. The lowest BCUT2D eigenvalue weighted by atomic mass is 9.90. The molecule has 0 aliphatic rings. The summed E-state index contributed by atoms with van der Waals surface area (Å²) in [5, 5.41) is 12.8. The van der Waals surface area contributed by atoms with Gasteiger partial charge in [-0.2, -0.15) is 0 Å². The third-order valence-corrected chi connectivity index (χ3v) is 3.41. The lowest BCUT2D eigenvalue weighted by Crippen LogP contribution is -2.34. The maximum absolute atomic E-state index is 12.1. The van der Waals surface area contributed by atoms with Gasteiger partial charge in [0.05, 0.1) is 0 Å². The second kappa shape index (κ2) is 5.54. The van der Waals surface area contributed by atoms with Gasteiger partial charge in [0.15, 0.2) is 0 Å². The molecule has 0 aliphatic carbocycles. The molecule has 0 saturated carbocycles. The zero-order chi connectivity index (χ0) is 14.8. The second-order valence-corrected chi connectivity index (χ2v) is 5.85. The molecule has 0 fully saturated rings. The third kappa shape index (κ3) is 3.30. The van der Waals surface area contributed by atoms with Crippen molar-refractivity contribution < 1.29 is 9.90 Å². The molecule has 5 nitrogen and oxygen atoms in total. The number of benzene rings is 1. The number of aromatic amines is 1. The van der Waals surface area contributed by atoms with E-state index in [1.165, 1.54) is 0 Å². The van der Waals surface area contributed by atoms with Gasteiger partial charge >= 0.3 is 0 Å². The van der Waals surface area contributed by atoms with E-state index in [0.717, 1.165) is 10.9 Å². The Bertz CT molecular complexity index is 617. The summed E-state index contributed by atoms with van der Waals surface area (Å²) in [4.78, 5) is 15.2. The van der Waals surface area contributed by atoms with Crippen molar-refractivity contribution in [3.63, 3.8) is 0 Å². The molecule has 0 spiro atoms. The van der Waals surface area contributed by atoms with E-state index in [4.69, 9.17) is 10.8 Å². The predicted molar refractivity (Wildman–Crippen MR) is 80.5 cm³/mol. The predicted octanol–water partition coefficient (Wildman–Crippen LogP) is 1.89. The minimum Gasteiger partial charge on any atom is -0.399 e. The number of aliphatic hydroxyl groups excluding tert-OH is 1. The number of nitrogens with two attached hydrogens (primary N) is 1. The Balaban J connectivity index is 2.08. The van der Waals surface area contributed by atoms with Crippen LogP contribution in [-0.2, 0) is 0 Å². The highest BCUT2D eigenvalue weighted by Crippen LogP contribution is 2.20. The first-order chi connectivity index (χ1) is 9.41. The van der Waals surface area contributed by atoms with Crippen molar-refractivity contribution in [3.05, 3.63) is 30.0 Å². The summed E-state index contributed by atoms with van der Waals surface area (Å²) in [6, 6.07) is 7.28. The average Bonchev–Trinajstić information content (AvgIpc) is 2.79. The van der Waals surface area contributed by atoms with Crippen LogP contribution in [-0.4, -0.2) is 29.1 Å². The highest BCUT2D eigenvalue weighted by Gasteiger charge is 2.19. The number of fused-ring (bicyclic) bond motifs is 1. The van der Waals surface area contributed by atoms with Crippen LogP contribution in [0, 0.1) is 5.41 Å². The molecule has 5 N–H and O–H groups in total. The van der Waals surface area contributed by atoms with E-state index in [2.05, 4.69) is 10.3 Å². The van der Waals surface area contributed by atoms with Gasteiger partial charge in [-0.3, -0.25) is 4.79 Å². The van der Waals surface area contributed by atoms with Crippen molar-refractivity contribution in [2.24, 2.45) is 5.41 Å². The maximum atomic E-state index is 12.1. The number of hydrogen-bond donors (Lipinski definition) is 4. The van der Waals surface area contributed by atoms with E-state index in [1.54, 1.807) is 12.1 Å². The summed E-state index contributed by atoms with van der Waals surface area (Å²) < 4.78 is 0. The quantitative estimate of drug-likeness (QED) is 0.628. The molecule has 0 unspecified atom stereocenters. The average molecular weight is 275 g/mol. The highest BCUT2D eigenvalue weighted by molar-refractivity contribution is 5.98. The maximum Gasteiger partial charge on any atom is 0.267 e. The zero-order valence-corrected chi connectivity index (χ0v) is 11.9. The molecule has 2 aromatic rings. The summed E-state index contributed by atoms with van der Waals surface area (Å²) in [6.07, 6.45) is 0.649. The van der Waals surface area contributed by atoms with Crippen LogP contribution in [0.15, 0.2) is 24.3 Å². The van der Waals surface area contributed by atoms with Gasteiger partial charge in [-0.05, 0) is 36.1 Å². The number of carbonyl (C=O) groups excluding carboxylic acids is 1. The van der Waals surface area contributed by atoms with Crippen LogP contribution in [0.25, 0.3) is 10.9 Å². The van der Waals surface area contributed by atoms with E-state index < -0.39 is 0 Å². The first kappa shape index (κ1) is 14.4. The van der Waals surface area contributed by atoms with Crippen molar-refractivity contribution in [1.29, 1.82) is 0 Å². The molecule has 0 atom stereocenters. The monoisotopic (exact) mass is 275 g/mol. The Morgan fingerprint density at radius 3 is 2.85 bits per heavy atom. The van der Waals surface area contributed by atoms with E-state index in [0.29, 0.717) is 24.3 Å². The van der Waals surface area contributed by atoms with Gasteiger partial charge in [-0.25, -0.2) is 0 Å². The van der Waals surface area contributed by atoms with Crippen LogP contribution in [0.2, 0.25) is 0 Å². The van der Waals surface area contributed by atoms with Crippen LogP contribution in [0.1, 0.15) is 30.8 Å². The Labute approximate surface area is 118 Å². The van der Waals surface area contributed by atoms with E-state index in [9.17, 15) is 4.79 Å². The first-order valence-electron chi connectivity index (χ1n) is 6.69. The molecular formula is C15H21N3O2. The molecule has 1 heterocycles. The number of nitrogen functional groups attached to an aromatic ring is 1. The summed E-state index contributed by atoms with van der Waals surface area (Å²) in [6.45, 7) is 4.66. The Hall–Kier alpha value is -2.01. The summed E-state index contributed by atoms with van der Waals surface area (Å²) in [5.74, 6) is -0.147. The summed E-state index contributed by atoms with van der Waals surface area (Å²) in [7, 11) is 0. The van der Waals surface area contributed by atoms with Gasteiger partial charge < -0.3 is 21.1 Å². The number of amides is 1. The molecule has 2 rings (SSSR count). The van der Waals surface area contributed by atoms with Crippen molar-refractivity contribution in [3.8, 4) is 0 Å². The van der Waals surface area contributed by atoms with Crippen LogP contribution in [0.4, 0.5) is 5.69 Å². The molecule has 0 bridgehead atoms. The SMILES string of the molecule is CC(C)(CCO)CNC(=O)c1cc2cc(N)ccc2[nH]1. The topological polar surface area (TPSA) is 91.1 Å². The fourth-order valence-electron chi connectivity index (χ4n) is 2.08. The number of aliphatic hydroxyl groups is 1. The van der Waals surface area contributed by atoms with Gasteiger partial charge in [0, 0.05) is 29.7 Å². The van der Waals surface area contributed by atoms with Crippen molar-refractivity contribution >= 4 is 22.5 Å². The fourth-order valence-corrected chi connectivity index (χ4v) is 2.08. The minimum absolute atomic E-state index is 0.120. The van der Waals surface area contributed by atoms with Crippen LogP contribution >= 0.6 is 0 Å². The van der Waals surface area contributed by atoms with Crippen LogP contribution < -0.4 is 11.1 Å². The van der Waals surface area contributed by atoms with Gasteiger partial charge in [0.2, 0.25) is 0 Å². The largest absolute Gasteiger partial charge is 0.399 e. The van der Waals surface area contributed by atoms with Crippen molar-refractivity contribution in [2.75, 3.05) is 18.9 Å². The van der Waals surface area contributed by atoms with Crippen molar-refractivity contribution in [1.82, 2.24) is 10.3 Å². The Kier molecular flexibility index (Phi) is 3.99. The van der Waals surface area contributed by atoms with Crippen LogP contribution in [0.3, 0.4) is 0 Å². The van der Waals surface area contributed by atoms with Gasteiger partial charge in [-0.1, -0.05) is 13.8 Å².